The van der Waals surface area contributed by atoms with Crippen LogP contribution in [0.5, 0.6) is 0 Å². The van der Waals surface area contributed by atoms with Crippen LogP contribution >= 0.6 is 11.6 Å². The van der Waals surface area contributed by atoms with Gasteiger partial charge in [0.05, 0.1) is 0 Å². The van der Waals surface area contributed by atoms with Crippen molar-refractivity contribution in [1.82, 2.24) is 0 Å². The van der Waals surface area contributed by atoms with E-state index in [1.165, 1.54) is 12.1 Å². The van der Waals surface area contributed by atoms with Crippen LogP contribution in [0.2, 0.25) is 5.02 Å². The molecule has 112 valence electrons. The van der Waals surface area contributed by atoms with Crippen LogP contribution in [0.4, 0.5) is 4.39 Å². The molecule has 1 heterocycles. The minimum atomic E-state index is -0.589. The average molecular weight is 319 g/mol. The van der Waals surface area contributed by atoms with Gasteiger partial charge in [-0.2, -0.15) is 0 Å². The summed E-state index contributed by atoms with van der Waals surface area (Å²) in [6, 6.07) is 11.0. The fourth-order valence-electron chi connectivity index (χ4n) is 2.23. The first-order valence-corrected chi connectivity index (χ1v) is 7.02. The Hall–Kier alpha value is -2.33. The van der Waals surface area contributed by atoms with Crippen LogP contribution in [0.3, 0.4) is 0 Å². The Balaban J connectivity index is 1.82. The van der Waals surface area contributed by atoms with Gasteiger partial charge in [-0.1, -0.05) is 23.7 Å². The molecule has 0 bridgehead atoms. The number of carbonyl (C=O) groups is 1. The maximum atomic E-state index is 13.1. The third-order valence-corrected chi connectivity index (χ3v) is 3.58. The molecular formula is C17H12ClFO3. The van der Waals surface area contributed by atoms with Crippen LogP contribution in [0, 0.1) is 12.7 Å². The molecule has 0 aliphatic heterocycles. The van der Waals surface area contributed by atoms with Gasteiger partial charge in [0.2, 0.25) is 5.76 Å². The summed E-state index contributed by atoms with van der Waals surface area (Å²) >= 11 is 5.94. The Labute approximate surface area is 131 Å². The highest BCUT2D eigenvalue weighted by Crippen LogP contribution is 2.28. The van der Waals surface area contributed by atoms with Crippen molar-refractivity contribution < 1.29 is 18.3 Å². The van der Waals surface area contributed by atoms with E-state index in [-0.39, 0.29) is 18.2 Å². The highest BCUT2D eigenvalue weighted by molar-refractivity contribution is 6.31. The monoisotopic (exact) mass is 318 g/mol. The van der Waals surface area contributed by atoms with E-state index in [0.29, 0.717) is 21.7 Å². The number of fused-ring (bicyclic) bond motifs is 1. The molecule has 1 aromatic heterocycles. The molecule has 5 heteroatoms. The molecule has 0 N–H and O–H groups in total. The summed E-state index contributed by atoms with van der Waals surface area (Å²) < 4.78 is 23.8. The Morgan fingerprint density at radius 1 is 1.27 bits per heavy atom. The highest BCUT2D eigenvalue weighted by Gasteiger charge is 2.19. The number of carbonyl (C=O) groups excluding carboxylic acids is 1. The Bertz CT molecular complexity index is 854. The predicted molar refractivity (Wildman–Crippen MR) is 81.5 cm³/mol. The van der Waals surface area contributed by atoms with Crippen molar-refractivity contribution in [2.45, 2.75) is 13.5 Å². The number of benzene rings is 2. The standard InChI is InChI=1S/C17H12ClFO3/c1-10-14-8-12(18)5-6-15(14)22-16(10)17(20)21-9-11-3-2-4-13(19)7-11/h2-8H,9H2,1H3. The molecule has 0 amide bonds. The largest absolute Gasteiger partial charge is 0.455 e. The molecule has 0 aliphatic carbocycles. The van der Waals surface area contributed by atoms with E-state index in [0.717, 1.165) is 5.39 Å². The average Bonchev–Trinajstić information content (AvgIpc) is 2.82. The number of ether oxygens (including phenoxy) is 1. The van der Waals surface area contributed by atoms with Crippen LogP contribution < -0.4 is 0 Å². The van der Waals surface area contributed by atoms with Crippen LogP contribution in [-0.4, -0.2) is 5.97 Å². The summed E-state index contributed by atoms with van der Waals surface area (Å²) in [5.74, 6) is -0.828. The van der Waals surface area contributed by atoms with Crippen molar-refractivity contribution >= 4 is 28.5 Å². The number of esters is 1. The molecule has 0 saturated heterocycles. The summed E-state index contributed by atoms with van der Waals surface area (Å²) in [6.45, 7) is 1.74. The normalized spacial score (nSPS) is 10.9. The van der Waals surface area contributed by atoms with E-state index < -0.39 is 5.97 Å². The number of hydrogen-bond donors (Lipinski definition) is 0. The van der Waals surface area contributed by atoms with E-state index >= 15 is 0 Å². The first kappa shape index (κ1) is 14.6. The molecular weight excluding hydrogens is 307 g/mol. The van der Waals surface area contributed by atoms with Crippen LogP contribution in [0.1, 0.15) is 21.7 Å². The number of halogens is 2. The highest BCUT2D eigenvalue weighted by atomic mass is 35.5. The Morgan fingerprint density at radius 3 is 2.86 bits per heavy atom. The summed E-state index contributed by atoms with van der Waals surface area (Å²) in [6.07, 6.45) is 0. The summed E-state index contributed by atoms with van der Waals surface area (Å²) in [7, 11) is 0. The van der Waals surface area contributed by atoms with Crippen molar-refractivity contribution in [3.63, 3.8) is 0 Å². The molecule has 0 unspecified atom stereocenters. The van der Waals surface area contributed by atoms with Crippen molar-refractivity contribution in [2.24, 2.45) is 0 Å². The van der Waals surface area contributed by atoms with E-state index in [2.05, 4.69) is 0 Å². The van der Waals surface area contributed by atoms with Crippen LogP contribution in [-0.2, 0) is 11.3 Å². The van der Waals surface area contributed by atoms with E-state index in [9.17, 15) is 9.18 Å². The molecule has 3 nitrogen and oxygen atoms in total. The first-order chi connectivity index (χ1) is 10.5. The van der Waals surface area contributed by atoms with Crippen molar-refractivity contribution in [3.05, 3.63) is 70.2 Å². The Morgan fingerprint density at radius 2 is 2.09 bits per heavy atom. The quantitative estimate of drug-likeness (QED) is 0.645. The minimum absolute atomic E-state index is 0.0200. The van der Waals surface area contributed by atoms with Gasteiger partial charge in [-0.25, -0.2) is 9.18 Å². The predicted octanol–water partition coefficient (Wildman–Crippen LogP) is 4.89. The molecule has 3 aromatic rings. The molecule has 0 radical (unpaired) electrons. The molecule has 3 rings (SSSR count). The van der Waals surface area contributed by atoms with Gasteiger partial charge in [0.15, 0.2) is 0 Å². The molecule has 0 atom stereocenters. The van der Waals surface area contributed by atoms with Gasteiger partial charge >= 0.3 is 5.97 Å². The van der Waals surface area contributed by atoms with Gasteiger partial charge in [0.1, 0.15) is 18.0 Å². The van der Waals surface area contributed by atoms with E-state index in [1.54, 1.807) is 37.3 Å². The van der Waals surface area contributed by atoms with Gasteiger partial charge in [0, 0.05) is 16.0 Å². The number of rotatable bonds is 3. The first-order valence-electron chi connectivity index (χ1n) is 6.65. The smallest absolute Gasteiger partial charge is 0.374 e. The van der Waals surface area contributed by atoms with Crippen LogP contribution in [0.25, 0.3) is 11.0 Å². The second kappa shape index (κ2) is 5.81. The zero-order valence-corrected chi connectivity index (χ0v) is 12.5. The maximum Gasteiger partial charge on any atom is 0.374 e. The Kier molecular flexibility index (Phi) is 3.86. The van der Waals surface area contributed by atoms with Crippen molar-refractivity contribution in [2.75, 3.05) is 0 Å². The second-order valence-corrected chi connectivity index (χ2v) is 5.34. The van der Waals surface area contributed by atoms with Crippen molar-refractivity contribution in [1.29, 1.82) is 0 Å². The fraction of sp³-hybridized carbons (Fsp3) is 0.118. The maximum absolute atomic E-state index is 13.1. The van der Waals surface area contributed by atoms with Crippen molar-refractivity contribution in [3.8, 4) is 0 Å². The summed E-state index contributed by atoms with van der Waals surface area (Å²) in [5, 5.41) is 1.33. The third-order valence-electron chi connectivity index (χ3n) is 3.34. The third kappa shape index (κ3) is 2.83. The lowest BCUT2D eigenvalue weighted by atomic mass is 10.1. The fourth-order valence-corrected chi connectivity index (χ4v) is 2.40. The van der Waals surface area contributed by atoms with Crippen LogP contribution in [0.15, 0.2) is 46.9 Å². The van der Waals surface area contributed by atoms with Gasteiger partial charge in [-0.15, -0.1) is 0 Å². The molecule has 22 heavy (non-hydrogen) atoms. The topological polar surface area (TPSA) is 39.4 Å². The summed E-state index contributed by atoms with van der Waals surface area (Å²) in [5.41, 5.74) is 1.81. The summed E-state index contributed by atoms with van der Waals surface area (Å²) in [4.78, 5) is 12.1. The number of aryl methyl sites for hydroxylation is 1. The SMILES string of the molecule is Cc1c(C(=O)OCc2cccc(F)c2)oc2ccc(Cl)cc12. The number of hydrogen-bond acceptors (Lipinski definition) is 3. The van der Waals surface area contributed by atoms with Gasteiger partial charge in [0.25, 0.3) is 0 Å². The number of furan rings is 1. The molecule has 2 aromatic carbocycles. The molecule has 0 aliphatic rings. The lowest BCUT2D eigenvalue weighted by Crippen LogP contribution is -2.05. The molecule has 0 saturated carbocycles. The van der Waals surface area contributed by atoms with Gasteiger partial charge in [-0.05, 0) is 42.8 Å². The zero-order valence-electron chi connectivity index (χ0n) is 11.7. The second-order valence-electron chi connectivity index (χ2n) is 4.90. The lowest BCUT2D eigenvalue weighted by Gasteiger charge is -2.03. The van der Waals surface area contributed by atoms with E-state index in [1.807, 2.05) is 0 Å². The minimum Gasteiger partial charge on any atom is -0.455 e. The zero-order chi connectivity index (χ0) is 15.7. The molecule has 0 fully saturated rings. The van der Waals surface area contributed by atoms with Gasteiger partial charge < -0.3 is 9.15 Å². The van der Waals surface area contributed by atoms with Gasteiger partial charge in [-0.3, -0.25) is 0 Å². The van der Waals surface area contributed by atoms with E-state index in [4.69, 9.17) is 20.8 Å². The molecule has 0 spiro atoms. The lowest BCUT2D eigenvalue weighted by molar-refractivity contribution is 0.0437.